The third kappa shape index (κ3) is 3.48. The van der Waals surface area contributed by atoms with E-state index in [1.807, 2.05) is 18.7 Å². The molecule has 1 saturated heterocycles. The average Bonchev–Trinajstić information content (AvgIpc) is 2.31. The van der Waals surface area contributed by atoms with Crippen molar-refractivity contribution >= 4 is 11.8 Å². The summed E-state index contributed by atoms with van der Waals surface area (Å²) in [5.41, 5.74) is 0. The van der Waals surface area contributed by atoms with Crippen LogP contribution in [-0.4, -0.2) is 35.3 Å². The van der Waals surface area contributed by atoms with E-state index in [1.54, 1.807) is 0 Å². The standard InChI is InChI=1S/C15H26N2O2/c1-11(2)14-15(19)17(10-13(18)16-14)12-8-6-4-3-5-7-9-12/h11-12,14H,3-10H2,1-2H3,(H,16,18). The van der Waals surface area contributed by atoms with Gasteiger partial charge in [0, 0.05) is 6.04 Å². The monoisotopic (exact) mass is 266 g/mol. The van der Waals surface area contributed by atoms with E-state index in [9.17, 15) is 9.59 Å². The quantitative estimate of drug-likeness (QED) is 0.832. The molecule has 1 aliphatic carbocycles. The highest BCUT2D eigenvalue weighted by molar-refractivity contribution is 5.95. The molecule has 2 fully saturated rings. The van der Waals surface area contributed by atoms with Crippen molar-refractivity contribution in [3.8, 4) is 0 Å². The lowest BCUT2D eigenvalue weighted by molar-refractivity contribution is -0.148. The molecule has 2 aliphatic rings. The maximum Gasteiger partial charge on any atom is 0.246 e. The SMILES string of the molecule is CC(C)C1NC(=O)CN(C2CCCCCCC2)C1=O. The maximum atomic E-state index is 12.5. The van der Waals surface area contributed by atoms with Crippen LogP contribution in [0, 0.1) is 5.92 Å². The first-order valence-corrected chi connectivity index (χ1v) is 7.69. The molecule has 1 N–H and O–H groups in total. The smallest absolute Gasteiger partial charge is 0.246 e. The van der Waals surface area contributed by atoms with Crippen LogP contribution in [-0.2, 0) is 9.59 Å². The van der Waals surface area contributed by atoms with E-state index in [1.165, 1.54) is 32.1 Å². The van der Waals surface area contributed by atoms with Gasteiger partial charge in [-0.25, -0.2) is 0 Å². The molecule has 1 aliphatic heterocycles. The number of carbonyl (C=O) groups is 2. The minimum Gasteiger partial charge on any atom is -0.343 e. The second-order valence-electron chi connectivity index (χ2n) is 6.25. The molecule has 19 heavy (non-hydrogen) atoms. The van der Waals surface area contributed by atoms with Gasteiger partial charge in [-0.15, -0.1) is 0 Å². The minimum atomic E-state index is -0.327. The van der Waals surface area contributed by atoms with Crippen LogP contribution in [0.1, 0.15) is 58.8 Å². The third-order valence-electron chi connectivity index (χ3n) is 4.36. The summed E-state index contributed by atoms with van der Waals surface area (Å²) in [7, 11) is 0. The number of hydrogen-bond acceptors (Lipinski definition) is 2. The van der Waals surface area contributed by atoms with E-state index < -0.39 is 0 Å². The fourth-order valence-electron chi connectivity index (χ4n) is 3.20. The third-order valence-corrected chi connectivity index (χ3v) is 4.36. The van der Waals surface area contributed by atoms with Gasteiger partial charge < -0.3 is 10.2 Å². The van der Waals surface area contributed by atoms with Crippen molar-refractivity contribution < 1.29 is 9.59 Å². The predicted octanol–water partition coefficient (Wildman–Crippen LogP) is 2.08. The zero-order chi connectivity index (χ0) is 13.8. The van der Waals surface area contributed by atoms with Crippen molar-refractivity contribution in [2.24, 2.45) is 5.92 Å². The van der Waals surface area contributed by atoms with Gasteiger partial charge in [-0.3, -0.25) is 9.59 Å². The van der Waals surface area contributed by atoms with Gasteiger partial charge in [-0.2, -0.15) is 0 Å². The Morgan fingerprint density at radius 1 is 1.05 bits per heavy atom. The number of rotatable bonds is 2. The fourth-order valence-corrected chi connectivity index (χ4v) is 3.20. The van der Waals surface area contributed by atoms with E-state index in [-0.39, 0.29) is 36.4 Å². The Balaban J connectivity index is 2.07. The lowest BCUT2D eigenvalue weighted by Crippen LogP contribution is -2.62. The van der Waals surface area contributed by atoms with Crippen molar-refractivity contribution in [1.29, 1.82) is 0 Å². The fraction of sp³-hybridized carbons (Fsp3) is 0.867. The summed E-state index contributed by atoms with van der Waals surface area (Å²) in [6.07, 6.45) is 8.32. The van der Waals surface area contributed by atoms with Gasteiger partial charge in [-0.1, -0.05) is 46.0 Å². The summed E-state index contributed by atoms with van der Waals surface area (Å²) in [4.78, 5) is 26.2. The molecule has 4 heteroatoms. The Kier molecular flexibility index (Phi) is 4.83. The molecule has 0 aromatic rings. The number of amides is 2. The molecule has 2 amide bonds. The number of nitrogens with zero attached hydrogens (tertiary/aromatic N) is 1. The van der Waals surface area contributed by atoms with Crippen LogP contribution >= 0.6 is 0 Å². The van der Waals surface area contributed by atoms with Crippen molar-refractivity contribution in [3.63, 3.8) is 0 Å². The van der Waals surface area contributed by atoms with E-state index >= 15 is 0 Å². The van der Waals surface area contributed by atoms with Crippen molar-refractivity contribution in [1.82, 2.24) is 10.2 Å². The summed E-state index contributed by atoms with van der Waals surface area (Å²) in [5, 5.41) is 2.83. The molecule has 0 aromatic carbocycles. The van der Waals surface area contributed by atoms with Gasteiger partial charge in [0.25, 0.3) is 0 Å². The van der Waals surface area contributed by atoms with E-state index in [4.69, 9.17) is 0 Å². The van der Waals surface area contributed by atoms with Crippen LogP contribution in [0.5, 0.6) is 0 Å². The Labute approximate surface area is 115 Å². The zero-order valence-corrected chi connectivity index (χ0v) is 12.2. The Hall–Kier alpha value is -1.06. The summed E-state index contributed by atoms with van der Waals surface area (Å²) >= 11 is 0. The van der Waals surface area contributed by atoms with Crippen molar-refractivity contribution in [2.75, 3.05) is 6.54 Å². The van der Waals surface area contributed by atoms with Crippen molar-refractivity contribution in [2.45, 2.75) is 70.9 Å². The molecular weight excluding hydrogens is 240 g/mol. The molecule has 108 valence electrons. The van der Waals surface area contributed by atoms with Crippen LogP contribution in [0.3, 0.4) is 0 Å². The van der Waals surface area contributed by atoms with Gasteiger partial charge in [0.05, 0.1) is 6.54 Å². The van der Waals surface area contributed by atoms with Gasteiger partial charge in [0.15, 0.2) is 0 Å². The molecule has 0 aromatic heterocycles. The highest BCUT2D eigenvalue weighted by atomic mass is 16.2. The second-order valence-corrected chi connectivity index (χ2v) is 6.25. The van der Waals surface area contributed by atoms with Crippen LogP contribution in [0.2, 0.25) is 0 Å². The lowest BCUT2D eigenvalue weighted by atomic mass is 9.93. The summed E-state index contributed by atoms with van der Waals surface area (Å²) in [6, 6.07) is -0.0493. The first kappa shape index (κ1) is 14.4. The van der Waals surface area contributed by atoms with Gasteiger partial charge in [0.2, 0.25) is 11.8 Å². The van der Waals surface area contributed by atoms with Crippen LogP contribution in [0.25, 0.3) is 0 Å². The summed E-state index contributed by atoms with van der Waals surface area (Å²) in [5.74, 6) is 0.285. The normalized spacial score (nSPS) is 27.1. The molecule has 1 heterocycles. The highest BCUT2D eigenvalue weighted by Crippen LogP contribution is 2.24. The summed E-state index contributed by atoms with van der Waals surface area (Å²) < 4.78 is 0. The lowest BCUT2D eigenvalue weighted by Gasteiger charge is -2.40. The molecule has 2 rings (SSSR count). The van der Waals surface area contributed by atoms with E-state index in [0.717, 1.165) is 12.8 Å². The summed E-state index contributed by atoms with van der Waals surface area (Å²) in [6.45, 7) is 4.24. The van der Waals surface area contributed by atoms with Crippen LogP contribution in [0.4, 0.5) is 0 Å². The van der Waals surface area contributed by atoms with Crippen molar-refractivity contribution in [3.05, 3.63) is 0 Å². The van der Waals surface area contributed by atoms with E-state index in [2.05, 4.69) is 5.32 Å². The largest absolute Gasteiger partial charge is 0.343 e. The molecule has 0 spiro atoms. The van der Waals surface area contributed by atoms with Crippen LogP contribution in [0.15, 0.2) is 0 Å². The molecule has 4 nitrogen and oxygen atoms in total. The van der Waals surface area contributed by atoms with Gasteiger partial charge >= 0.3 is 0 Å². The van der Waals surface area contributed by atoms with Crippen LogP contribution < -0.4 is 5.32 Å². The first-order chi connectivity index (χ1) is 9.09. The highest BCUT2D eigenvalue weighted by Gasteiger charge is 2.37. The predicted molar refractivity (Wildman–Crippen MR) is 74.6 cm³/mol. The second kappa shape index (κ2) is 6.40. The Morgan fingerprint density at radius 2 is 1.63 bits per heavy atom. The molecular formula is C15H26N2O2. The topological polar surface area (TPSA) is 49.4 Å². The first-order valence-electron chi connectivity index (χ1n) is 7.69. The number of nitrogens with one attached hydrogen (secondary N) is 1. The van der Waals surface area contributed by atoms with Gasteiger partial charge in [0.1, 0.15) is 6.04 Å². The average molecular weight is 266 g/mol. The molecule has 0 radical (unpaired) electrons. The molecule has 0 bridgehead atoms. The molecule has 1 atom stereocenters. The number of carbonyl (C=O) groups excluding carboxylic acids is 2. The number of piperazine rings is 1. The van der Waals surface area contributed by atoms with E-state index in [0.29, 0.717) is 0 Å². The zero-order valence-electron chi connectivity index (χ0n) is 12.2. The minimum absolute atomic E-state index is 0.000333. The molecule has 1 saturated carbocycles. The Bertz CT molecular complexity index is 333. The molecule has 1 unspecified atom stereocenters. The maximum absolute atomic E-state index is 12.5. The van der Waals surface area contributed by atoms with Gasteiger partial charge in [-0.05, 0) is 18.8 Å². The number of hydrogen-bond donors (Lipinski definition) is 1. The Morgan fingerprint density at radius 3 is 2.21 bits per heavy atom.